The maximum atomic E-state index is 13.4. The minimum absolute atomic E-state index is 0.128. The Balaban J connectivity index is 1.44. The largest absolute Gasteiger partial charge is 0.378 e. The summed E-state index contributed by atoms with van der Waals surface area (Å²) in [7, 11) is 1.62. The zero-order valence-corrected chi connectivity index (χ0v) is 19.9. The van der Waals surface area contributed by atoms with Crippen LogP contribution in [0.4, 0.5) is 5.69 Å². The SMILES string of the molecule is COCc1nn2c(C)c(C(=O)N3CCN(c4ccccc4)CC3)nnc2c1-c1ccc(Cl)cc1. The Morgan fingerprint density at radius 2 is 1.71 bits per heavy atom. The van der Waals surface area contributed by atoms with E-state index in [1.165, 1.54) is 5.69 Å². The van der Waals surface area contributed by atoms with Crippen LogP contribution in [0, 0.1) is 6.92 Å². The van der Waals surface area contributed by atoms with E-state index in [1.807, 2.05) is 54.3 Å². The molecule has 8 nitrogen and oxygen atoms in total. The van der Waals surface area contributed by atoms with E-state index in [2.05, 4.69) is 27.2 Å². The van der Waals surface area contributed by atoms with Gasteiger partial charge in [0.2, 0.25) is 0 Å². The minimum atomic E-state index is -0.128. The molecule has 34 heavy (non-hydrogen) atoms. The number of methoxy groups -OCH3 is 1. The predicted octanol–water partition coefficient (Wildman–Crippen LogP) is 3.86. The molecule has 1 aliphatic rings. The number of nitrogens with zero attached hydrogens (tertiary/aromatic N) is 6. The maximum Gasteiger partial charge on any atom is 0.276 e. The fourth-order valence-corrected chi connectivity index (χ4v) is 4.48. The van der Waals surface area contributed by atoms with E-state index < -0.39 is 0 Å². The average Bonchev–Trinajstić information content (AvgIpc) is 3.24. The van der Waals surface area contributed by atoms with Gasteiger partial charge >= 0.3 is 0 Å². The molecule has 0 atom stereocenters. The van der Waals surface area contributed by atoms with Crippen LogP contribution >= 0.6 is 11.6 Å². The number of carbonyl (C=O) groups is 1. The van der Waals surface area contributed by atoms with Crippen molar-refractivity contribution in [3.63, 3.8) is 0 Å². The zero-order chi connectivity index (χ0) is 23.7. The highest BCUT2D eigenvalue weighted by Crippen LogP contribution is 2.30. The molecule has 2 aromatic heterocycles. The van der Waals surface area contributed by atoms with Crippen LogP contribution in [0.5, 0.6) is 0 Å². The lowest BCUT2D eigenvalue weighted by Gasteiger charge is -2.36. The van der Waals surface area contributed by atoms with Crippen LogP contribution in [-0.2, 0) is 11.3 Å². The van der Waals surface area contributed by atoms with Gasteiger partial charge in [0, 0.05) is 44.0 Å². The first-order valence-corrected chi connectivity index (χ1v) is 11.5. The summed E-state index contributed by atoms with van der Waals surface area (Å²) >= 11 is 6.07. The zero-order valence-electron chi connectivity index (χ0n) is 19.1. The number of halogens is 1. The summed E-state index contributed by atoms with van der Waals surface area (Å²) in [4.78, 5) is 17.5. The van der Waals surface area contributed by atoms with Gasteiger partial charge in [0.15, 0.2) is 11.3 Å². The van der Waals surface area contributed by atoms with Gasteiger partial charge in [-0.25, -0.2) is 4.52 Å². The Hall–Kier alpha value is -3.49. The number of hydrogen-bond acceptors (Lipinski definition) is 6. The number of aryl methyl sites for hydroxylation is 1. The number of piperazine rings is 1. The number of aromatic nitrogens is 4. The van der Waals surface area contributed by atoms with Gasteiger partial charge in [-0.3, -0.25) is 4.79 Å². The first-order chi connectivity index (χ1) is 16.6. The molecule has 1 fully saturated rings. The number of ether oxygens (including phenoxy) is 1. The summed E-state index contributed by atoms with van der Waals surface area (Å²) in [5, 5.41) is 14.1. The number of benzene rings is 2. The number of fused-ring (bicyclic) bond motifs is 1. The average molecular weight is 477 g/mol. The molecule has 0 N–H and O–H groups in total. The molecule has 0 unspecified atom stereocenters. The quantitative estimate of drug-likeness (QED) is 0.435. The predicted molar refractivity (Wildman–Crippen MR) is 131 cm³/mol. The summed E-state index contributed by atoms with van der Waals surface area (Å²) in [6.07, 6.45) is 0. The third-order valence-electron chi connectivity index (χ3n) is 6.14. The monoisotopic (exact) mass is 476 g/mol. The van der Waals surface area contributed by atoms with Crippen LogP contribution in [0.15, 0.2) is 54.6 Å². The van der Waals surface area contributed by atoms with Gasteiger partial charge in [-0.1, -0.05) is 41.9 Å². The number of carbonyl (C=O) groups excluding carboxylic acids is 1. The summed E-state index contributed by atoms with van der Waals surface area (Å²) in [5.74, 6) is -0.128. The molecule has 1 aliphatic heterocycles. The van der Waals surface area contributed by atoms with Gasteiger partial charge < -0.3 is 14.5 Å². The van der Waals surface area contributed by atoms with Crippen molar-refractivity contribution in [3.05, 3.63) is 76.7 Å². The van der Waals surface area contributed by atoms with Gasteiger partial charge in [0.05, 0.1) is 23.6 Å². The highest BCUT2D eigenvalue weighted by atomic mass is 35.5. The lowest BCUT2D eigenvalue weighted by atomic mass is 10.1. The van der Waals surface area contributed by atoms with Crippen molar-refractivity contribution >= 4 is 28.8 Å². The van der Waals surface area contributed by atoms with Crippen molar-refractivity contribution < 1.29 is 9.53 Å². The van der Waals surface area contributed by atoms with Crippen molar-refractivity contribution in [1.29, 1.82) is 0 Å². The Kier molecular flexibility index (Phi) is 6.17. The molecule has 174 valence electrons. The second kappa shape index (κ2) is 9.40. The van der Waals surface area contributed by atoms with Crippen LogP contribution in [-0.4, -0.2) is 63.9 Å². The summed E-state index contributed by atoms with van der Waals surface area (Å²) in [6, 6.07) is 17.7. The standard InChI is InChI=1S/C25H25ClN6O2/c1-17-23(25(33)31-14-12-30(13-15-31)20-6-4-3-5-7-20)27-28-24-22(18-8-10-19(26)11-9-18)21(16-34-2)29-32(17)24/h3-11H,12-16H2,1-2H3. The van der Waals surface area contributed by atoms with Crippen molar-refractivity contribution in [2.24, 2.45) is 0 Å². The lowest BCUT2D eigenvalue weighted by molar-refractivity contribution is 0.0738. The topological polar surface area (TPSA) is 75.9 Å². The molecular formula is C25H25ClN6O2. The lowest BCUT2D eigenvalue weighted by Crippen LogP contribution is -2.49. The minimum Gasteiger partial charge on any atom is -0.378 e. The van der Waals surface area contributed by atoms with Gasteiger partial charge in [-0.05, 0) is 36.8 Å². The summed E-state index contributed by atoms with van der Waals surface area (Å²) in [5.41, 5.74) is 5.18. The number of para-hydroxylation sites is 1. The Bertz CT molecular complexity index is 1320. The van der Waals surface area contributed by atoms with Crippen LogP contribution in [0.25, 0.3) is 16.8 Å². The smallest absolute Gasteiger partial charge is 0.276 e. The van der Waals surface area contributed by atoms with Crippen LogP contribution in [0.1, 0.15) is 21.9 Å². The molecule has 4 aromatic rings. The molecule has 0 spiro atoms. The molecule has 5 rings (SSSR count). The van der Waals surface area contributed by atoms with Crippen molar-refractivity contribution in [2.45, 2.75) is 13.5 Å². The Morgan fingerprint density at radius 3 is 2.38 bits per heavy atom. The van der Waals surface area contributed by atoms with Crippen molar-refractivity contribution in [1.82, 2.24) is 24.7 Å². The van der Waals surface area contributed by atoms with E-state index in [9.17, 15) is 4.79 Å². The van der Waals surface area contributed by atoms with Crippen LogP contribution in [0.2, 0.25) is 5.02 Å². The molecule has 9 heteroatoms. The van der Waals surface area contributed by atoms with Gasteiger partial charge in [-0.15, -0.1) is 10.2 Å². The van der Waals surface area contributed by atoms with Crippen molar-refractivity contribution in [2.75, 3.05) is 38.2 Å². The third kappa shape index (κ3) is 4.10. The van der Waals surface area contributed by atoms with E-state index in [-0.39, 0.29) is 5.91 Å². The second-order valence-electron chi connectivity index (χ2n) is 8.25. The molecule has 0 saturated carbocycles. The number of amides is 1. The van der Waals surface area contributed by atoms with Gasteiger partial charge in [0.1, 0.15) is 0 Å². The highest BCUT2D eigenvalue weighted by molar-refractivity contribution is 6.30. The van der Waals surface area contributed by atoms with E-state index >= 15 is 0 Å². The highest BCUT2D eigenvalue weighted by Gasteiger charge is 2.27. The van der Waals surface area contributed by atoms with Crippen LogP contribution < -0.4 is 4.90 Å². The van der Waals surface area contributed by atoms with Crippen LogP contribution in [0.3, 0.4) is 0 Å². The molecule has 0 aliphatic carbocycles. The third-order valence-corrected chi connectivity index (χ3v) is 6.40. The fourth-order valence-electron chi connectivity index (χ4n) is 4.35. The first-order valence-electron chi connectivity index (χ1n) is 11.2. The molecule has 3 heterocycles. The molecule has 0 bridgehead atoms. The Morgan fingerprint density at radius 1 is 1.00 bits per heavy atom. The first kappa shape index (κ1) is 22.3. The number of hydrogen-bond donors (Lipinski definition) is 0. The van der Waals surface area contributed by atoms with E-state index in [0.29, 0.717) is 41.8 Å². The summed E-state index contributed by atoms with van der Waals surface area (Å²) < 4.78 is 7.07. The maximum absolute atomic E-state index is 13.4. The molecule has 1 amide bonds. The number of anilines is 1. The van der Waals surface area contributed by atoms with Crippen molar-refractivity contribution in [3.8, 4) is 11.1 Å². The van der Waals surface area contributed by atoms with E-state index in [0.717, 1.165) is 29.9 Å². The van der Waals surface area contributed by atoms with E-state index in [1.54, 1.807) is 11.6 Å². The fraction of sp³-hybridized carbons (Fsp3) is 0.280. The molecule has 2 aromatic carbocycles. The number of rotatable bonds is 5. The normalized spacial score (nSPS) is 14.1. The van der Waals surface area contributed by atoms with Gasteiger partial charge in [-0.2, -0.15) is 5.10 Å². The second-order valence-corrected chi connectivity index (χ2v) is 8.68. The van der Waals surface area contributed by atoms with E-state index in [4.69, 9.17) is 21.4 Å². The molecule has 0 radical (unpaired) electrons. The molecule has 1 saturated heterocycles. The Labute approximate surface area is 202 Å². The van der Waals surface area contributed by atoms with Gasteiger partial charge in [0.25, 0.3) is 5.91 Å². The summed E-state index contributed by atoms with van der Waals surface area (Å²) in [6.45, 7) is 4.94. The molecular weight excluding hydrogens is 452 g/mol.